The third-order valence-electron chi connectivity index (χ3n) is 5.30. The van der Waals surface area contributed by atoms with Gasteiger partial charge in [-0.15, -0.1) is 0 Å². The molecule has 0 amide bonds. The second-order valence-corrected chi connectivity index (χ2v) is 6.69. The zero-order valence-electron chi connectivity index (χ0n) is 14.7. The molecule has 0 aliphatic carbocycles. The molecule has 1 N–H and O–H groups in total. The molecular formula is C20H24N2O3. The van der Waals surface area contributed by atoms with E-state index in [0.29, 0.717) is 11.8 Å². The monoisotopic (exact) mass is 340 g/mol. The maximum Gasteiger partial charge on any atom is 0.217 e. The Labute approximate surface area is 148 Å². The van der Waals surface area contributed by atoms with Gasteiger partial charge in [0.15, 0.2) is 0 Å². The number of aromatic nitrogens is 1. The van der Waals surface area contributed by atoms with Gasteiger partial charge >= 0.3 is 0 Å². The molecule has 2 aliphatic rings. The summed E-state index contributed by atoms with van der Waals surface area (Å²) in [6, 6.07) is 10.9. The van der Waals surface area contributed by atoms with Crippen LogP contribution >= 0.6 is 0 Å². The summed E-state index contributed by atoms with van der Waals surface area (Å²) in [5.41, 5.74) is 3.78. The number of rotatable bonds is 4. The van der Waals surface area contributed by atoms with Crippen LogP contribution in [0.15, 0.2) is 36.5 Å². The Morgan fingerprint density at radius 1 is 1.16 bits per heavy atom. The van der Waals surface area contributed by atoms with E-state index in [1.54, 1.807) is 20.4 Å². The van der Waals surface area contributed by atoms with Crippen molar-refractivity contribution in [2.45, 2.75) is 24.9 Å². The normalized spacial score (nSPS) is 25.4. The molecule has 4 rings (SSSR count). The first-order valence-electron chi connectivity index (χ1n) is 8.79. The molecule has 3 heterocycles. The summed E-state index contributed by atoms with van der Waals surface area (Å²) >= 11 is 0. The van der Waals surface area contributed by atoms with Crippen molar-refractivity contribution in [1.29, 1.82) is 0 Å². The lowest BCUT2D eigenvalue weighted by Gasteiger charge is -2.36. The molecule has 0 spiro atoms. The van der Waals surface area contributed by atoms with Crippen LogP contribution in [0.3, 0.4) is 0 Å². The Bertz CT molecular complexity index is 743. The van der Waals surface area contributed by atoms with Crippen LogP contribution in [0.4, 0.5) is 0 Å². The highest BCUT2D eigenvalue weighted by Gasteiger charge is 2.35. The Morgan fingerprint density at radius 2 is 2.08 bits per heavy atom. The third kappa shape index (κ3) is 3.10. The SMILES string of the molecule is COc1ccc2c(c1)C[C@@H](c1cccnc1OC)N[C@H]2C1CCOC1. The lowest BCUT2D eigenvalue weighted by atomic mass is 9.81. The minimum absolute atomic E-state index is 0.161. The van der Waals surface area contributed by atoms with Crippen LogP contribution in [-0.4, -0.2) is 32.4 Å². The summed E-state index contributed by atoms with van der Waals surface area (Å²) in [4.78, 5) is 4.37. The van der Waals surface area contributed by atoms with E-state index in [1.807, 2.05) is 12.1 Å². The van der Waals surface area contributed by atoms with Crippen molar-refractivity contribution in [2.24, 2.45) is 5.92 Å². The minimum Gasteiger partial charge on any atom is -0.497 e. The second kappa shape index (κ2) is 7.02. The van der Waals surface area contributed by atoms with Crippen molar-refractivity contribution in [1.82, 2.24) is 10.3 Å². The predicted molar refractivity (Wildman–Crippen MR) is 95.0 cm³/mol. The summed E-state index contributed by atoms with van der Waals surface area (Å²) in [5, 5.41) is 3.84. The summed E-state index contributed by atoms with van der Waals surface area (Å²) < 4.78 is 16.6. The van der Waals surface area contributed by atoms with Gasteiger partial charge in [-0.2, -0.15) is 0 Å². The maximum absolute atomic E-state index is 5.65. The number of methoxy groups -OCH3 is 2. The third-order valence-corrected chi connectivity index (χ3v) is 5.30. The number of benzene rings is 1. The number of nitrogens with zero attached hydrogens (tertiary/aromatic N) is 1. The first-order chi connectivity index (χ1) is 12.3. The largest absolute Gasteiger partial charge is 0.497 e. The first-order valence-corrected chi connectivity index (χ1v) is 8.79. The van der Waals surface area contributed by atoms with Gasteiger partial charge in [-0.05, 0) is 42.2 Å². The van der Waals surface area contributed by atoms with Gasteiger partial charge in [-0.1, -0.05) is 12.1 Å². The minimum atomic E-state index is 0.161. The average molecular weight is 340 g/mol. The van der Waals surface area contributed by atoms with Crippen LogP contribution in [0.2, 0.25) is 0 Å². The highest BCUT2D eigenvalue weighted by Crippen LogP contribution is 2.41. The predicted octanol–water partition coefficient (Wildman–Crippen LogP) is 3.06. The van der Waals surface area contributed by atoms with E-state index in [0.717, 1.165) is 37.4 Å². The van der Waals surface area contributed by atoms with E-state index >= 15 is 0 Å². The molecule has 0 saturated carbocycles. The van der Waals surface area contributed by atoms with E-state index in [-0.39, 0.29) is 12.1 Å². The average Bonchev–Trinajstić information content (AvgIpc) is 3.21. The molecule has 25 heavy (non-hydrogen) atoms. The molecule has 5 nitrogen and oxygen atoms in total. The van der Waals surface area contributed by atoms with Gasteiger partial charge in [0.25, 0.3) is 0 Å². The van der Waals surface area contributed by atoms with E-state index < -0.39 is 0 Å². The molecule has 3 atom stereocenters. The van der Waals surface area contributed by atoms with Crippen LogP contribution in [0, 0.1) is 5.92 Å². The van der Waals surface area contributed by atoms with E-state index in [4.69, 9.17) is 14.2 Å². The summed E-state index contributed by atoms with van der Waals surface area (Å²) in [6.07, 6.45) is 3.74. The molecule has 1 fully saturated rings. The van der Waals surface area contributed by atoms with Crippen molar-refractivity contribution in [3.63, 3.8) is 0 Å². The summed E-state index contributed by atoms with van der Waals surface area (Å²) in [7, 11) is 3.39. The van der Waals surface area contributed by atoms with E-state index in [9.17, 15) is 0 Å². The standard InChI is InChI=1S/C20H24N2O3/c1-23-15-5-6-16-14(10-15)11-18(17-4-3-8-21-20(17)24-2)22-19(16)13-7-9-25-12-13/h3-6,8,10,13,18-19,22H,7,9,11-12H2,1-2H3/t13?,18-,19-/m0/s1. The van der Waals surface area contributed by atoms with Gasteiger partial charge in [0.05, 0.1) is 20.8 Å². The van der Waals surface area contributed by atoms with Crippen molar-refractivity contribution >= 4 is 0 Å². The summed E-state index contributed by atoms with van der Waals surface area (Å²) in [5.74, 6) is 2.07. The van der Waals surface area contributed by atoms with E-state index in [1.165, 1.54) is 11.1 Å². The molecule has 2 aliphatic heterocycles. The maximum atomic E-state index is 5.65. The Morgan fingerprint density at radius 3 is 2.84 bits per heavy atom. The molecule has 1 unspecified atom stereocenters. The fourth-order valence-electron chi connectivity index (χ4n) is 4.02. The molecule has 1 aromatic carbocycles. The fraction of sp³-hybridized carbons (Fsp3) is 0.450. The van der Waals surface area contributed by atoms with Crippen LogP contribution in [0.25, 0.3) is 0 Å². The zero-order chi connectivity index (χ0) is 17.2. The molecule has 1 saturated heterocycles. The van der Waals surface area contributed by atoms with Crippen molar-refractivity contribution in [2.75, 3.05) is 27.4 Å². The quantitative estimate of drug-likeness (QED) is 0.927. The van der Waals surface area contributed by atoms with Crippen LogP contribution in [0.1, 0.15) is 35.2 Å². The fourth-order valence-corrected chi connectivity index (χ4v) is 4.02. The number of hydrogen-bond acceptors (Lipinski definition) is 5. The number of hydrogen-bond donors (Lipinski definition) is 1. The smallest absolute Gasteiger partial charge is 0.217 e. The van der Waals surface area contributed by atoms with Gasteiger partial charge in [0, 0.05) is 36.4 Å². The molecular weight excluding hydrogens is 316 g/mol. The van der Waals surface area contributed by atoms with E-state index in [2.05, 4.69) is 28.5 Å². The van der Waals surface area contributed by atoms with Gasteiger partial charge < -0.3 is 19.5 Å². The lowest BCUT2D eigenvalue weighted by molar-refractivity contribution is 0.172. The molecule has 132 valence electrons. The second-order valence-electron chi connectivity index (χ2n) is 6.69. The van der Waals surface area contributed by atoms with Crippen molar-refractivity contribution < 1.29 is 14.2 Å². The van der Waals surface area contributed by atoms with Gasteiger partial charge in [-0.3, -0.25) is 0 Å². The number of fused-ring (bicyclic) bond motifs is 1. The highest BCUT2D eigenvalue weighted by atomic mass is 16.5. The lowest BCUT2D eigenvalue weighted by Crippen LogP contribution is -2.38. The Hall–Kier alpha value is -2.11. The Balaban J connectivity index is 1.73. The number of nitrogens with one attached hydrogen (secondary N) is 1. The summed E-state index contributed by atoms with van der Waals surface area (Å²) in [6.45, 7) is 1.65. The first kappa shape index (κ1) is 16.4. The molecule has 0 radical (unpaired) electrons. The zero-order valence-corrected chi connectivity index (χ0v) is 14.7. The Kier molecular flexibility index (Phi) is 4.59. The van der Waals surface area contributed by atoms with Crippen LogP contribution in [-0.2, 0) is 11.2 Å². The van der Waals surface area contributed by atoms with Gasteiger partial charge in [0.1, 0.15) is 5.75 Å². The highest BCUT2D eigenvalue weighted by molar-refractivity contribution is 5.42. The van der Waals surface area contributed by atoms with Gasteiger partial charge in [0.2, 0.25) is 5.88 Å². The van der Waals surface area contributed by atoms with Gasteiger partial charge in [-0.25, -0.2) is 4.98 Å². The molecule has 5 heteroatoms. The number of ether oxygens (including phenoxy) is 3. The molecule has 0 bridgehead atoms. The van der Waals surface area contributed by atoms with Crippen LogP contribution < -0.4 is 14.8 Å². The number of pyridine rings is 1. The van der Waals surface area contributed by atoms with Crippen molar-refractivity contribution in [3.05, 3.63) is 53.2 Å². The van der Waals surface area contributed by atoms with Crippen LogP contribution in [0.5, 0.6) is 11.6 Å². The van der Waals surface area contributed by atoms with Crippen molar-refractivity contribution in [3.8, 4) is 11.6 Å². The topological polar surface area (TPSA) is 52.6 Å². The molecule has 2 aromatic rings. The molecule has 1 aromatic heterocycles.